The van der Waals surface area contributed by atoms with E-state index >= 15 is 0 Å². The first-order valence-corrected chi connectivity index (χ1v) is 15.4. The molecule has 2 heterocycles. The Hall–Kier alpha value is -4.98. The molecule has 2 aliphatic heterocycles. The molecule has 0 amide bonds. The molecule has 0 N–H and O–H groups in total. The highest BCUT2D eigenvalue weighted by molar-refractivity contribution is 5.97. The molecule has 4 aromatic carbocycles. The van der Waals surface area contributed by atoms with Gasteiger partial charge in [-0.1, -0.05) is 97.1 Å². The number of fused-ring (bicyclic) bond motifs is 2. The molecule has 8 nitrogen and oxygen atoms in total. The summed E-state index contributed by atoms with van der Waals surface area (Å²) in [4.78, 5) is 47.7. The van der Waals surface area contributed by atoms with Gasteiger partial charge in [0.05, 0.1) is 0 Å². The van der Waals surface area contributed by atoms with Crippen LogP contribution in [-0.4, -0.2) is 35.5 Å². The second kappa shape index (κ2) is 13.6. The number of ether oxygens (including phenoxy) is 4. The monoisotopic (exact) mass is 622 g/mol. The fourth-order valence-corrected chi connectivity index (χ4v) is 5.65. The van der Waals surface area contributed by atoms with E-state index in [2.05, 4.69) is 24.3 Å². The second-order valence-corrected chi connectivity index (χ2v) is 12.3. The highest BCUT2D eigenvalue weighted by atomic mass is 16.8. The average molecular weight is 623 g/mol. The summed E-state index contributed by atoms with van der Waals surface area (Å²) in [6.07, 6.45) is 5.97. The van der Waals surface area contributed by atoms with Gasteiger partial charge in [-0.05, 0) is 58.4 Å². The van der Waals surface area contributed by atoms with E-state index in [0.717, 1.165) is 29.2 Å². The molecule has 4 aromatic rings. The number of cyclic esters (lactones) is 4. The third kappa shape index (κ3) is 7.80. The molecule has 0 bridgehead atoms. The number of benzene rings is 4. The largest absolute Gasteiger partial charge is 0.422 e. The molecule has 0 atom stereocenters. The number of carbonyl (C=O) groups excluding carboxylic acids is 4. The molecule has 0 unspecified atom stereocenters. The topological polar surface area (TPSA) is 105 Å². The van der Waals surface area contributed by atoms with Gasteiger partial charge in [0.1, 0.15) is 0 Å². The van der Waals surface area contributed by atoms with E-state index in [1.54, 1.807) is 27.7 Å². The number of carbonyl (C=O) groups is 4. The second-order valence-electron chi connectivity index (χ2n) is 12.3. The number of rotatable bonds is 7. The minimum Gasteiger partial charge on any atom is -0.422 e. The predicted molar refractivity (Wildman–Crippen MR) is 174 cm³/mol. The Morgan fingerprint density at radius 3 is 1.67 bits per heavy atom. The lowest BCUT2D eigenvalue weighted by molar-refractivity contribution is -0.241. The summed E-state index contributed by atoms with van der Waals surface area (Å²) in [6, 6.07) is 28.5. The SMILES string of the molecule is CC1(C)OC(=O)C(C/C=C/c2cccc3ccccc23)C(=O)O1.CC1(C)OC(=O)C(CCCc2cccc3ccccc23)C(=O)O1. The zero-order chi connectivity index (χ0) is 32.9. The maximum absolute atomic E-state index is 12.0. The molecular formula is C38H38O8. The van der Waals surface area contributed by atoms with Gasteiger partial charge in [-0.2, -0.15) is 0 Å². The maximum atomic E-state index is 12.0. The Kier molecular flexibility index (Phi) is 9.56. The van der Waals surface area contributed by atoms with Crippen LogP contribution < -0.4 is 0 Å². The molecule has 0 spiro atoms. The van der Waals surface area contributed by atoms with Gasteiger partial charge < -0.3 is 18.9 Å². The summed E-state index contributed by atoms with van der Waals surface area (Å²) in [5.74, 6) is -6.06. The smallest absolute Gasteiger partial charge is 0.323 e. The van der Waals surface area contributed by atoms with Crippen molar-refractivity contribution in [2.45, 2.75) is 65.0 Å². The van der Waals surface area contributed by atoms with Crippen molar-refractivity contribution in [3.05, 3.63) is 102 Å². The first-order chi connectivity index (χ1) is 21.9. The first kappa shape index (κ1) is 32.4. The minimum atomic E-state index is -1.18. The molecule has 8 heteroatoms. The van der Waals surface area contributed by atoms with Gasteiger partial charge in [-0.25, -0.2) is 0 Å². The van der Waals surface area contributed by atoms with Crippen LogP contribution in [0.4, 0.5) is 0 Å². The predicted octanol–water partition coefficient (Wildman–Crippen LogP) is 7.31. The number of esters is 4. The Balaban J connectivity index is 0.000000181. The van der Waals surface area contributed by atoms with E-state index < -0.39 is 47.3 Å². The summed E-state index contributed by atoms with van der Waals surface area (Å²) in [7, 11) is 0. The van der Waals surface area contributed by atoms with Crippen LogP contribution in [0, 0.1) is 11.8 Å². The zero-order valence-corrected chi connectivity index (χ0v) is 26.5. The normalized spacial score (nSPS) is 18.0. The standard InChI is InChI=1S/C19H20O4.C19H18O4/c2*1-19(2)22-17(20)16(18(21)23-19)12-6-10-14-9-5-8-13-7-3-4-11-15(13)14/h3-5,7-9,11,16H,6,10,12H2,1-2H3;3-11,16H,12H2,1-2H3/b;10-6+. The third-order valence-electron chi connectivity index (χ3n) is 7.84. The highest BCUT2D eigenvalue weighted by Crippen LogP contribution is 2.28. The van der Waals surface area contributed by atoms with Crippen LogP contribution in [0.2, 0.25) is 0 Å². The molecule has 0 aliphatic carbocycles. The van der Waals surface area contributed by atoms with Gasteiger partial charge in [0, 0.05) is 27.7 Å². The van der Waals surface area contributed by atoms with Gasteiger partial charge in [-0.15, -0.1) is 0 Å². The van der Waals surface area contributed by atoms with Crippen LogP contribution in [0.15, 0.2) is 91.0 Å². The lowest BCUT2D eigenvalue weighted by atomic mass is 9.96. The minimum absolute atomic E-state index is 0.261. The molecule has 2 saturated heterocycles. The fraction of sp³-hybridized carbons (Fsp3) is 0.316. The van der Waals surface area contributed by atoms with Crippen LogP contribution in [0.25, 0.3) is 27.6 Å². The van der Waals surface area contributed by atoms with Gasteiger partial charge in [0.2, 0.25) is 0 Å². The maximum Gasteiger partial charge on any atom is 0.323 e. The van der Waals surface area contributed by atoms with Gasteiger partial charge >= 0.3 is 23.9 Å². The summed E-state index contributed by atoms with van der Waals surface area (Å²) >= 11 is 0. The Labute approximate surface area is 268 Å². The summed E-state index contributed by atoms with van der Waals surface area (Å²) < 4.78 is 20.5. The Morgan fingerprint density at radius 1 is 0.587 bits per heavy atom. The van der Waals surface area contributed by atoms with Crippen molar-refractivity contribution in [1.82, 2.24) is 0 Å². The molecule has 0 saturated carbocycles. The lowest BCUT2D eigenvalue weighted by Gasteiger charge is -2.32. The van der Waals surface area contributed by atoms with Crippen molar-refractivity contribution in [3.63, 3.8) is 0 Å². The molecular weight excluding hydrogens is 584 g/mol. The molecule has 2 fully saturated rings. The van der Waals surface area contributed by atoms with E-state index in [9.17, 15) is 19.2 Å². The average Bonchev–Trinajstić information content (AvgIpc) is 2.99. The van der Waals surface area contributed by atoms with Gasteiger partial charge in [0.15, 0.2) is 11.8 Å². The quantitative estimate of drug-likeness (QED) is 0.156. The van der Waals surface area contributed by atoms with Crippen molar-refractivity contribution < 1.29 is 38.1 Å². The molecule has 2 aliphatic rings. The van der Waals surface area contributed by atoms with E-state index in [4.69, 9.17) is 18.9 Å². The number of aryl methyl sites for hydroxylation is 1. The third-order valence-corrected chi connectivity index (χ3v) is 7.84. The van der Waals surface area contributed by atoms with Crippen LogP contribution in [0.5, 0.6) is 0 Å². The summed E-state index contributed by atoms with van der Waals surface area (Å²) in [6.45, 7) is 6.22. The highest BCUT2D eigenvalue weighted by Gasteiger charge is 2.43. The van der Waals surface area contributed by atoms with E-state index in [-0.39, 0.29) is 6.42 Å². The van der Waals surface area contributed by atoms with Crippen LogP contribution in [0.3, 0.4) is 0 Å². The summed E-state index contributed by atoms with van der Waals surface area (Å²) in [5, 5.41) is 4.68. The van der Waals surface area contributed by atoms with Crippen molar-refractivity contribution in [2.75, 3.05) is 0 Å². The molecule has 46 heavy (non-hydrogen) atoms. The van der Waals surface area contributed by atoms with Crippen molar-refractivity contribution in [1.29, 1.82) is 0 Å². The summed E-state index contributed by atoms with van der Waals surface area (Å²) in [5.41, 5.74) is 2.27. The molecule has 0 aromatic heterocycles. The number of hydrogen-bond donors (Lipinski definition) is 0. The van der Waals surface area contributed by atoms with Crippen molar-refractivity contribution in [2.24, 2.45) is 11.8 Å². The van der Waals surface area contributed by atoms with E-state index in [1.165, 1.54) is 16.3 Å². The van der Waals surface area contributed by atoms with Crippen LogP contribution in [0.1, 0.15) is 58.1 Å². The van der Waals surface area contributed by atoms with Crippen LogP contribution >= 0.6 is 0 Å². The van der Waals surface area contributed by atoms with E-state index in [1.807, 2.05) is 72.8 Å². The Bertz CT molecular complexity index is 1750. The zero-order valence-electron chi connectivity index (χ0n) is 26.5. The van der Waals surface area contributed by atoms with Crippen molar-refractivity contribution >= 4 is 51.5 Å². The Morgan fingerprint density at radius 2 is 1.07 bits per heavy atom. The van der Waals surface area contributed by atoms with Crippen LogP contribution in [-0.2, 0) is 44.5 Å². The first-order valence-electron chi connectivity index (χ1n) is 15.4. The van der Waals surface area contributed by atoms with Gasteiger partial charge in [0.25, 0.3) is 11.6 Å². The van der Waals surface area contributed by atoms with Crippen molar-refractivity contribution in [3.8, 4) is 0 Å². The fourth-order valence-electron chi connectivity index (χ4n) is 5.65. The number of hydrogen-bond acceptors (Lipinski definition) is 8. The molecule has 6 rings (SSSR count). The van der Waals surface area contributed by atoms with E-state index in [0.29, 0.717) is 6.42 Å². The molecule has 0 radical (unpaired) electrons. The van der Waals surface area contributed by atoms with Gasteiger partial charge in [-0.3, -0.25) is 19.2 Å². The lowest BCUT2D eigenvalue weighted by Crippen LogP contribution is -2.46. The number of allylic oxidation sites excluding steroid dienone is 1. The molecule has 238 valence electrons.